The van der Waals surface area contributed by atoms with E-state index in [0.717, 1.165) is 12.5 Å². The molecule has 0 unspecified atom stereocenters. The topological polar surface area (TPSA) is 123 Å². The van der Waals surface area contributed by atoms with E-state index in [0.29, 0.717) is 0 Å². The lowest BCUT2D eigenvalue weighted by Gasteiger charge is -2.01. The summed E-state index contributed by atoms with van der Waals surface area (Å²) >= 11 is 0. The van der Waals surface area contributed by atoms with E-state index in [2.05, 4.69) is 10.2 Å². The molecule has 0 saturated heterocycles. The molecule has 1 heterocycles. The van der Waals surface area contributed by atoms with Crippen molar-refractivity contribution in [2.24, 2.45) is 0 Å². The quantitative estimate of drug-likeness (QED) is 0.695. The average Bonchev–Trinajstić information content (AvgIpc) is 2.47. The summed E-state index contributed by atoms with van der Waals surface area (Å²) in [6.07, 6.45) is 2.04. The van der Waals surface area contributed by atoms with Crippen molar-refractivity contribution >= 4 is 25.5 Å². The van der Waals surface area contributed by atoms with Gasteiger partial charge in [0.1, 0.15) is 20.6 Å². The molecular formula is C6H11N3O4S2. The second-order valence-electron chi connectivity index (χ2n) is 3.10. The van der Waals surface area contributed by atoms with Crippen LogP contribution in [-0.4, -0.2) is 44.8 Å². The molecule has 86 valence electrons. The number of H-pyrrole nitrogens is 1. The highest BCUT2D eigenvalue weighted by atomic mass is 32.2. The molecule has 3 N–H and O–H groups in total. The number of nitrogens with two attached hydrogens (primary N) is 1. The molecular weight excluding hydrogens is 242 g/mol. The molecule has 0 fully saturated rings. The van der Waals surface area contributed by atoms with Crippen LogP contribution in [-0.2, 0) is 19.7 Å². The van der Waals surface area contributed by atoms with Gasteiger partial charge in [-0.05, 0) is 0 Å². The maximum absolute atomic E-state index is 11.6. The molecule has 0 amide bonds. The first kappa shape index (κ1) is 12.0. The second kappa shape index (κ2) is 3.81. The minimum absolute atomic E-state index is 0.0801. The second-order valence-corrected chi connectivity index (χ2v) is 7.43. The van der Waals surface area contributed by atoms with E-state index in [4.69, 9.17) is 5.73 Å². The Labute approximate surface area is 87.5 Å². The molecule has 7 nitrogen and oxygen atoms in total. The molecule has 15 heavy (non-hydrogen) atoms. The van der Waals surface area contributed by atoms with Gasteiger partial charge in [-0.1, -0.05) is 0 Å². The number of nitrogen functional groups attached to an aromatic ring is 1. The molecule has 1 aromatic heterocycles. The molecule has 0 aliphatic rings. The Hall–Kier alpha value is -1.09. The van der Waals surface area contributed by atoms with Crippen molar-refractivity contribution in [1.29, 1.82) is 0 Å². The van der Waals surface area contributed by atoms with Crippen molar-refractivity contribution in [2.45, 2.75) is 4.90 Å². The summed E-state index contributed by atoms with van der Waals surface area (Å²) in [6, 6.07) is 0. The summed E-state index contributed by atoms with van der Waals surface area (Å²) < 4.78 is 44.7. The number of nitrogens with one attached hydrogen (secondary N) is 1. The molecule has 0 spiro atoms. The predicted octanol–water partition coefficient (Wildman–Crippen LogP) is -1.19. The zero-order valence-corrected chi connectivity index (χ0v) is 9.60. The van der Waals surface area contributed by atoms with Crippen molar-refractivity contribution in [3.8, 4) is 0 Å². The third-order valence-corrected chi connectivity index (χ3v) is 4.63. The standard InChI is InChI=1S/C6H11N3O4S2/c1-14(10,11)2-3-15(12,13)5-4-8-9-6(5)7/h4H,2-3H2,1H3,(H3,7,8,9). The smallest absolute Gasteiger partial charge is 0.184 e. The van der Waals surface area contributed by atoms with E-state index in [9.17, 15) is 16.8 Å². The molecule has 0 saturated carbocycles. The Kier molecular flexibility index (Phi) is 3.05. The molecule has 0 aromatic carbocycles. The highest BCUT2D eigenvalue weighted by Crippen LogP contribution is 2.15. The van der Waals surface area contributed by atoms with Gasteiger partial charge >= 0.3 is 0 Å². The number of anilines is 1. The minimum Gasteiger partial charge on any atom is -0.383 e. The number of aromatic amines is 1. The Morgan fingerprint density at radius 1 is 1.33 bits per heavy atom. The first-order valence-corrected chi connectivity index (χ1v) is 7.63. The van der Waals surface area contributed by atoms with E-state index >= 15 is 0 Å². The van der Waals surface area contributed by atoms with Crippen LogP contribution in [0.5, 0.6) is 0 Å². The van der Waals surface area contributed by atoms with Crippen molar-refractivity contribution in [1.82, 2.24) is 10.2 Å². The molecule has 9 heteroatoms. The fraction of sp³-hybridized carbons (Fsp3) is 0.500. The van der Waals surface area contributed by atoms with E-state index in [-0.39, 0.29) is 10.7 Å². The maximum atomic E-state index is 11.6. The number of hydrogen-bond acceptors (Lipinski definition) is 6. The van der Waals surface area contributed by atoms with E-state index in [1.807, 2.05) is 0 Å². The Morgan fingerprint density at radius 3 is 2.33 bits per heavy atom. The van der Waals surface area contributed by atoms with Crippen LogP contribution in [0, 0.1) is 0 Å². The number of nitrogens with zero attached hydrogens (tertiary/aromatic N) is 1. The molecule has 0 radical (unpaired) electrons. The van der Waals surface area contributed by atoms with Crippen molar-refractivity contribution in [3.05, 3.63) is 6.20 Å². The highest BCUT2D eigenvalue weighted by Gasteiger charge is 2.21. The molecule has 0 bridgehead atoms. The van der Waals surface area contributed by atoms with Crippen LogP contribution in [0.15, 0.2) is 11.1 Å². The van der Waals surface area contributed by atoms with Gasteiger partial charge in [-0.25, -0.2) is 16.8 Å². The largest absolute Gasteiger partial charge is 0.383 e. The van der Waals surface area contributed by atoms with Crippen LogP contribution in [0.2, 0.25) is 0 Å². The van der Waals surface area contributed by atoms with E-state index in [1.54, 1.807) is 0 Å². The van der Waals surface area contributed by atoms with Gasteiger partial charge in [0.2, 0.25) is 0 Å². The lowest BCUT2D eigenvalue weighted by Crippen LogP contribution is -2.16. The third-order valence-electron chi connectivity index (χ3n) is 1.69. The van der Waals surface area contributed by atoms with Crippen molar-refractivity contribution in [2.75, 3.05) is 23.5 Å². The Balaban J connectivity index is 2.92. The summed E-state index contributed by atoms with van der Waals surface area (Å²) in [6.45, 7) is 0. The van der Waals surface area contributed by atoms with Crippen LogP contribution >= 0.6 is 0 Å². The lowest BCUT2D eigenvalue weighted by molar-refractivity contribution is 0.590. The van der Waals surface area contributed by atoms with Crippen molar-refractivity contribution in [3.63, 3.8) is 0 Å². The zero-order chi connectivity index (χ0) is 11.7. The molecule has 0 aliphatic heterocycles. The molecule has 0 aliphatic carbocycles. The summed E-state index contributed by atoms with van der Waals surface area (Å²) in [5.41, 5.74) is 5.32. The summed E-state index contributed by atoms with van der Waals surface area (Å²) in [5, 5.41) is 5.72. The predicted molar refractivity (Wildman–Crippen MR) is 54.8 cm³/mol. The monoisotopic (exact) mass is 253 g/mol. The molecule has 0 atom stereocenters. The summed E-state index contributed by atoms with van der Waals surface area (Å²) in [7, 11) is -6.99. The first-order chi connectivity index (χ1) is 6.72. The van der Waals surface area contributed by atoms with Crippen LogP contribution in [0.25, 0.3) is 0 Å². The normalized spacial score (nSPS) is 12.9. The van der Waals surface area contributed by atoms with Gasteiger partial charge in [-0.2, -0.15) is 5.10 Å². The van der Waals surface area contributed by atoms with Crippen LogP contribution in [0.1, 0.15) is 0 Å². The van der Waals surface area contributed by atoms with Crippen LogP contribution < -0.4 is 5.73 Å². The number of sulfone groups is 2. The fourth-order valence-electron chi connectivity index (χ4n) is 0.904. The van der Waals surface area contributed by atoms with Crippen LogP contribution in [0.4, 0.5) is 5.82 Å². The summed E-state index contributed by atoms with van der Waals surface area (Å²) in [4.78, 5) is -0.161. The van der Waals surface area contributed by atoms with Crippen molar-refractivity contribution < 1.29 is 16.8 Å². The fourth-order valence-corrected chi connectivity index (χ4v) is 3.81. The van der Waals surface area contributed by atoms with Gasteiger partial charge in [0.25, 0.3) is 0 Å². The zero-order valence-electron chi connectivity index (χ0n) is 7.97. The number of rotatable bonds is 4. The molecule has 1 rings (SSSR count). The van der Waals surface area contributed by atoms with Gasteiger partial charge in [0.05, 0.1) is 17.7 Å². The Bertz CT molecular complexity index is 543. The van der Waals surface area contributed by atoms with Gasteiger partial charge in [-0.3, -0.25) is 5.10 Å². The van der Waals surface area contributed by atoms with Gasteiger partial charge in [0, 0.05) is 6.26 Å². The number of aromatic nitrogens is 2. The maximum Gasteiger partial charge on any atom is 0.184 e. The van der Waals surface area contributed by atoms with Gasteiger partial charge in [-0.15, -0.1) is 0 Å². The third kappa shape index (κ3) is 3.20. The minimum atomic E-state index is -3.68. The molecule has 1 aromatic rings. The average molecular weight is 253 g/mol. The highest BCUT2D eigenvalue weighted by molar-refractivity contribution is 7.94. The summed E-state index contributed by atoms with van der Waals surface area (Å²) in [5.74, 6) is -1.00. The van der Waals surface area contributed by atoms with Crippen LogP contribution in [0.3, 0.4) is 0 Å². The number of hydrogen-bond donors (Lipinski definition) is 2. The van der Waals surface area contributed by atoms with Gasteiger partial charge < -0.3 is 5.73 Å². The Morgan fingerprint density at radius 2 is 1.93 bits per heavy atom. The lowest BCUT2D eigenvalue weighted by atomic mass is 10.7. The van der Waals surface area contributed by atoms with E-state index in [1.165, 1.54) is 0 Å². The van der Waals surface area contributed by atoms with Gasteiger partial charge in [0.15, 0.2) is 9.84 Å². The SMILES string of the molecule is CS(=O)(=O)CCS(=O)(=O)c1cn[nH]c1N. The first-order valence-electron chi connectivity index (χ1n) is 3.92. The van der Waals surface area contributed by atoms with E-state index < -0.39 is 31.2 Å².